The summed E-state index contributed by atoms with van der Waals surface area (Å²) in [6.07, 6.45) is 0. The van der Waals surface area contributed by atoms with Crippen LogP contribution in [0.15, 0.2) is 22.6 Å². The van der Waals surface area contributed by atoms with Crippen LogP contribution >= 0.6 is 0 Å². The fraction of sp³-hybridized carbons (Fsp3) is 0.100. The van der Waals surface area contributed by atoms with Gasteiger partial charge in [-0.2, -0.15) is 0 Å². The Kier molecular flexibility index (Phi) is 2.40. The van der Waals surface area contributed by atoms with E-state index in [1.807, 2.05) is 0 Å². The van der Waals surface area contributed by atoms with Crippen molar-refractivity contribution >= 4 is 5.97 Å². The summed E-state index contributed by atoms with van der Waals surface area (Å²) >= 11 is 0. The third-order valence-corrected chi connectivity index (χ3v) is 2.03. The van der Waals surface area contributed by atoms with Gasteiger partial charge in [-0.1, -0.05) is 6.07 Å². The van der Waals surface area contributed by atoms with Gasteiger partial charge in [-0.05, 0) is 24.6 Å². The molecule has 0 spiro atoms. The molecule has 0 radical (unpaired) electrons. The Morgan fingerprint density at radius 2 is 2.19 bits per heavy atom. The lowest BCUT2D eigenvalue weighted by Gasteiger charge is -1.97. The van der Waals surface area contributed by atoms with E-state index in [1.54, 1.807) is 19.1 Å². The zero-order valence-electron chi connectivity index (χ0n) is 8.27. The number of nitrogens with zero attached hydrogens (tertiary/aromatic N) is 2. The molecule has 0 unspecified atom stereocenters. The topological polar surface area (TPSA) is 76.2 Å². The van der Waals surface area contributed by atoms with E-state index in [0.29, 0.717) is 11.1 Å². The number of halogens is 1. The second kappa shape index (κ2) is 3.73. The highest BCUT2D eigenvalue weighted by Gasteiger charge is 2.14. The maximum atomic E-state index is 13.2. The predicted molar refractivity (Wildman–Crippen MR) is 51.4 cm³/mol. The van der Waals surface area contributed by atoms with Gasteiger partial charge >= 0.3 is 11.9 Å². The molecule has 1 N–H and O–H groups in total. The number of carboxylic acids is 1. The molecule has 0 saturated heterocycles. The highest BCUT2D eigenvalue weighted by molar-refractivity contribution is 5.82. The number of rotatable bonds is 2. The lowest BCUT2D eigenvalue weighted by Crippen LogP contribution is -1.95. The Morgan fingerprint density at radius 3 is 2.75 bits per heavy atom. The summed E-state index contributed by atoms with van der Waals surface area (Å²) in [4.78, 5) is 10.5. The smallest absolute Gasteiger partial charge is 0.393 e. The molecule has 6 heteroatoms. The zero-order chi connectivity index (χ0) is 11.7. The van der Waals surface area contributed by atoms with Crippen molar-refractivity contribution in [2.75, 3.05) is 0 Å². The number of carbonyl (C=O) groups is 1. The quantitative estimate of drug-likeness (QED) is 0.839. The molecule has 1 aromatic carbocycles. The fourth-order valence-corrected chi connectivity index (χ4v) is 1.15. The summed E-state index contributed by atoms with van der Waals surface area (Å²) < 4.78 is 18.1. The van der Waals surface area contributed by atoms with E-state index in [-0.39, 0.29) is 5.89 Å². The molecule has 2 rings (SSSR count). The van der Waals surface area contributed by atoms with Crippen molar-refractivity contribution in [3.05, 3.63) is 35.5 Å². The van der Waals surface area contributed by atoms with Crippen molar-refractivity contribution in [2.24, 2.45) is 0 Å². The van der Waals surface area contributed by atoms with Gasteiger partial charge in [0.2, 0.25) is 5.89 Å². The van der Waals surface area contributed by atoms with Crippen LogP contribution in [0.3, 0.4) is 0 Å². The highest BCUT2D eigenvalue weighted by Crippen LogP contribution is 2.20. The van der Waals surface area contributed by atoms with Crippen molar-refractivity contribution in [1.29, 1.82) is 0 Å². The van der Waals surface area contributed by atoms with Gasteiger partial charge < -0.3 is 9.52 Å². The molecule has 82 valence electrons. The molecular formula is C10H7FN2O3. The lowest BCUT2D eigenvalue weighted by atomic mass is 10.1. The van der Waals surface area contributed by atoms with Crippen molar-refractivity contribution in [3.8, 4) is 11.5 Å². The molecule has 5 nitrogen and oxygen atoms in total. The maximum Gasteiger partial charge on any atom is 0.393 e. The number of aryl methyl sites for hydroxylation is 1. The Balaban J connectivity index is 2.42. The van der Waals surface area contributed by atoms with Gasteiger partial charge in [-0.15, -0.1) is 10.2 Å². The average Bonchev–Trinajstić information content (AvgIpc) is 2.71. The van der Waals surface area contributed by atoms with Crippen molar-refractivity contribution in [2.45, 2.75) is 6.92 Å². The number of hydrogen-bond acceptors (Lipinski definition) is 4. The van der Waals surface area contributed by atoms with Crippen LogP contribution in [0.1, 0.15) is 16.2 Å². The minimum Gasteiger partial charge on any atom is -0.474 e. The number of benzene rings is 1. The maximum absolute atomic E-state index is 13.2. The van der Waals surface area contributed by atoms with Crippen LogP contribution in [-0.2, 0) is 0 Å². The Morgan fingerprint density at radius 1 is 1.44 bits per heavy atom. The molecule has 0 atom stereocenters. The first kappa shape index (κ1) is 10.3. The Hall–Kier alpha value is -2.24. The minimum atomic E-state index is -1.31. The summed E-state index contributed by atoms with van der Waals surface area (Å²) in [5.41, 5.74) is 0.838. The van der Waals surface area contributed by atoms with Crippen LogP contribution in [0.4, 0.5) is 4.39 Å². The van der Waals surface area contributed by atoms with Crippen LogP contribution in [0.2, 0.25) is 0 Å². The van der Waals surface area contributed by atoms with Crippen LogP contribution in [0.5, 0.6) is 0 Å². The van der Waals surface area contributed by atoms with Crippen LogP contribution < -0.4 is 0 Å². The van der Waals surface area contributed by atoms with Crippen molar-refractivity contribution in [3.63, 3.8) is 0 Å². The summed E-state index contributed by atoms with van der Waals surface area (Å²) in [5, 5.41) is 15.4. The second-order valence-electron chi connectivity index (χ2n) is 3.18. The number of hydrogen-bond donors (Lipinski definition) is 1. The summed E-state index contributed by atoms with van der Waals surface area (Å²) in [7, 11) is 0. The Labute approximate surface area is 89.5 Å². The molecule has 1 heterocycles. The molecule has 0 fully saturated rings. The molecule has 0 aliphatic carbocycles. The van der Waals surface area contributed by atoms with Gasteiger partial charge in [0.25, 0.3) is 0 Å². The van der Waals surface area contributed by atoms with Gasteiger partial charge in [-0.25, -0.2) is 9.18 Å². The predicted octanol–water partition coefficient (Wildman–Crippen LogP) is 1.88. The van der Waals surface area contributed by atoms with Crippen molar-refractivity contribution < 1.29 is 18.7 Å². The monoisotopic (exact) mass is 222 g/mol. The van der Waals surface area contributed by atoms with Crippen LogP contribution in [-0.4, -0.2) is 21.3 Å². The van der Waals surface area contributed by atoms with E-state index in [9.17, 15) is 9.18 Å². The number of carboxylic acid groups (broad SMARTS) is 1. The van der Waals surface area contributed by atoms with E-state index in [4.69, 9.17) is 9.52 Å². The SMILES string of the molecule is Cc1ccc(-c2nnc(C(=O)O)o2)cc1F. The summed E-state index contributed by atoms with van der Waals surface area (Å²) in [5.74, 6) is -2.26. The molecule has 1 aromatic heterocycles. The molecule has 0 aliphatic heterocycles. The molecule has 0 saturated carbocycles. The lowest BCUT2D eigenvalue weighted by molar-refractivity contribution is 0.0654. The molecule has 2 aromatic rings. The molecule has 16 heavy (non-hydrogen) atoms. The summed E-state index contributed by atoms with van der Waals surface area (Å²) in [6, 6.07) is 4.35. The average molecular weight is 222 g/mol. The molecule has 0 aliphatic rings. The fourth-order valence-electron chi connectivity index (χ4n) is 1.15. The van der Waals surface area contributed by atoms with Crippen LogP contribution in [0.25, 0.3) is 11.5 Å². The van der Waals surface area contributed by atoms with Gasteiger partial charge in [0, 0.05) is 5.56 Å². The first-order valence-electron chi connectivity index (χ1n) is 4.41. The second-order valence-corrected chi connectivity index (χ2v) is 3.18. The number of aromatic nitrogens is 2. The van der Waals surface area contributed by atoms with Crippen LogP contribution in [0, 0.1) is 12.7 Å². The molecule has 0 bridgehead atoms. The standard InChI is InChI=1S/C10H7FN2O3/c1-5-2-3-6(4-7(5)11)8-12-13-9(16-8)10(14)15/h2-4H,1H3,(H,14,15). The zero-order valence-corrected chi connectivity index (χ0v) is 8.27. The molecule has 0 amide bonds. The van der Waals surface area contributed by atoms with Gasteiger partial charge in [0.05, 0.1) is 0 Å². The number of aromatic carboxylic acids is 1. The van der Waals surface area contributed by atoms with Gasteiger partial charge in [0.1, 0.15) is 5.82 Å². The largest absolute Gasteiger partial charge is 0.474 e. The normalized spacial score (nSPS) is 10.4. The minimum absolute atomic E-state index is 0.0173. The highest BCUT2D eigenvalue weighted by atomic mass is 19.1. The first-order chi connectivity index (χ1) is 7.58. The summed E-state index contributed by atoms with van der Waals surface area (Å²) in [6.45, 7) is 1.62. The molecular weight excluding hydrogens is 215 g/mol. The third kappa shape index (κ3) is 1.77. The van der Waals surface area contributed by atoms with E-state index >= 15 is 0 Å². The van der Waals surface area contributed by atoms with E-state index in [0.717, 1.165) is 0 Å². The van der Waals surface area contributed by atoms with Gasteiger partial charge in [0.15, 0.2) is 0 Å². The van der Waals surface area contributed by atoms with Crippen molar-refractivity contribution in [1.82, 2.24) is 10.2 Å². The van der Waals surface area contributed by atoms with E-state index in [1.165, 1.54) is 6.07 Å². The van der Waals surface area contributed by atoms with Gasteiger partial charge in [-0.3, -0.25) is 0 Å². The van der Waals surface area contributed by atoms with E-state index < -0.39 is 17.7 Å². The third-order valence-electron chi connectivity index (χ3n) is 2.03. The first-order valence-corrected chi connectivity index (χ1v) is 4.41. The Bertz CT molecular complexity index is 551. The van der Waals surface area contributed by atoms with E-state index in [2.05, 4.69) is 10.2 Å².